The van der Waals surface area contributed by atoms with Crippen molar-refractivity contribution in [1.29, 1.82) is 0 Å². The predicted octanol–water partition coefficient (Wildman–Crippen LogP) is 0.941. The van der Waals surface area contributed by atoms with Gasteiger partial charge in [-0.15, -0.1) is 0 Å². The largest absolute Gasteiger partial charge is 0.356 e. The van der Waals surface area contributed by atoms with Crippen molar-refractivity contribution < 1.29 is 4.79 Å². The molecule has 1 N–H and O–H groups in total. The number of H-pyrrole nitrogens is 1. The molecule has 1 amide bonds. The first-order chi connectivity index (χ1) is 10.3. The summed E-state index contributed by atoms with van der Waals surface area (Å²) in [4.78, 5) is 24.5. The van der Waals surface area contributed by atoms with Gasteiger partial charge >= 0.3 is 0 Å². The molecule has 21 heavy (non-hydrogen) atoms. The van der Waals surface area contributed by atoms with Crippen molar-refractivity contribution in [3.8, 4) is 0 Å². The highest BCUT2D eigenvalue weighted by Crippen LogP contribution is 2.20. The Hall–Kier alpha value is -2.44. The summed E-state index contributed by atoms with van der Waals surface area (Å²) in [7, 11) is 2.04. The van der Waals surface area contributed by atoms with Gasteiger partial charge in [0.15, 0.2) is 0 Å². The van der Waals surface area contributed by atoms with E-state index in [1.165, 1.54) is 0 Å². The quantitative estimate of drug-likeness (QED) is 0.908. The molecule has 2 aromatic rings. The maximum Gasteiger partial charge on any atom is 0.271 e. The second-order valence-electron chi connectivity index (χ2n) is 5.17. The maximum atomic E-state index is 12.2. The lowest BCUT2D eigenvalue weighted by Crippen LogP contribution is -2.46. The smallest absolute Gasteiger partial charge is 0.271 e. The van der Waals surface area contributed by atoms with Crippen molar-refractivity contribution in [2.75, 3.05) is 25.0 Å². The summed E-state index contributed by atoms with van der Waals surface area (Å²) in [6.07, 6.45) is 6.77. The van der Waals surface area contributed by atoms with E-state index in [1.807, 2.05) is 18.0 Å². The molecule has 1 fully saturated rings. The van der Waals surface area contributed by atoms with E-state index in [2.05, 4.69) is 25.1 Å². The van der Waals surface area contributed by atoms with Crippen molar-refractivity contribution in [2.24, 2.45) is 0 Å². The number of likely N-dealkylation sites (tertiary alicyclic amines) is 1. The predicted molar refractivity (Wildman–Crippen MR) is 77.9 cm³/mol. The summed E-state index contributed by atoms with van der Waals surface area (Å²) in [5, 5.41) is 6.55. The van der Waals surface area contributed by atoms with E-state index in [0.29, 0.717) is 11.7 Å². The highest BCUT2D eigenvalue weighted by atomic mass is 16.2. The van der Waals surface area contributed by atoms with Gasteiger partial charge in [-0.2, -0.15) is 5.10 Å². The number of hydrogen-bond acceptors (Lipinski definition) is 5. The van der Waals surface area contributed by atoms with Crippen molar-refractivity contribution in [1.82, 2.24) is 25.1 Å². The maximum absolute atomic E-state index is 12.2. The molecule has 2 aromatic heterocycles. The van der Waals surface area contributed by atoms with Crippen LogP contribution in [0.5, 0.6) is 0 Å². The van der Waals surface area contributed by atoms with Gasteiger partial charge in [-0.05, 0) is 25.0 Å². The SMILES string of the molecule is CN(c1ccncn1)C1CCN(C(=O)c2ccn[nH]2)CC1. The van der Waals surface area contributed by atoms with E-state index < -0.39 is 0 Å². The molecule has 0 aromatic carbocycles. The summed E-state index contributed by atoms with van der Waals surface area (Å²) in [5.74, 6) is 0.944. The second-order valence-corrected chi connectivity index (χ2v) is 5.17. The number of aromatic amines is 1. The van der Waals surface area contributed by atoms with Crippen LogP contribution in [0.2, 0.25) is 0 Å². The van der Waals surface area contributed by atoms with Crippen LogP contribution in [0.3, 0.4) is 0 Å². The molecule has 0 unspecified atom stereocenters. The minimum absolute atomic E-state index is 0.0237. The molecule has 0 aliphatic carbocycles. The Balaban J connectivity index is 1.59. The lowest BCUT2D eigenvalue weighted by Gasteiger charge is -2.37. The Morgan fingerprint density at radius 1 is 1.33 bits per heavy atom. The first-order valence-electron chi connectivity index (χ1n) is 7.03. The monoisotopic (exact) mass is 286 g/mol. The first kappa shape index (κ1) is 13.5. The average molecular weight is 286 g/mol. The van der Waals surface area contributed by atoms with Crippen LogP contribution in [0, 0.1) is 0 Å². The Morgan fingerprint density at radius 3 is 2.76 bits per heavy atom. The number of aromatic nitrogens is 4. The molecule has 7 nitrogen and oxygen atoms in total. The molecule has 3 rings (SSSR count). The number of carbonyl (C=O) groups is 1. The summed E-state index contributed by atoms with van der Waals surface area (Å²) < 4.78 is 0. The molecule has 1 saturated heterocycles. The average Bonchev–Trinajstić information content (AvgIpc) is 3.09. The van der Waals surface area contributed by atoms with Crippen LogP contribution in [-0.4, -0.2) is 57.2 Å². The zero-order chi connectivity index (χ0) is 14.7. The van der Waals surface area contributed by atoms with Gasteiger partial charge in [-0.1, -0.05) is 0 Å². The highest BCUT2D eigenvalue weighted by molar-refractivity contribution is 5.92. The summed E-state index contributed by atoms with van der Waals surface area (Å²) in [6, 6.07) is 4.01. The number of hydrogen-bond donors (Lipinski definition) is 1. The molecule has 3 heterocycles. The molecule has 0 saturated carbocycles. The molecule has 0 spiro atoms. The van der Waals surface area contributed by atoms with Gasteiger partial charge in [0.1, 0.15) is 17.8 Å². The topological polar surface area (TPSA) is 78.0 Å². The van der Waals surface area contributed by atoms with Crippen molar-refractivity contribution in [2.45, 2.75) is 18.9 Å². The van der Waals surface area contributed by atoms with Gasteiger partial charge in [-0.3, -0.25) is 9.89 Å². The zero-order valence-electron chi connectivity index (χ0n) is 11.9. The van der Waals surface area contributed by atoms with Gasteiger partial charge in [0.25, 0.3) is 5.91 Å². The van der Waals surface area contributed by atoms with Crippen LogP contribution < -0.4 is 4.90 Å². The number of nitrogens with zero attached hydrogens (tertiary/aromatic N) is 5. The molecule has 1 aliphatic heterocycles. The van der Waals surface area contributed by atoms with Crippen LogP contribution in [0.4, 0.5) is 5.82 Å². The Morgan fingerprint density at radius 2 is 2.14 bits per heavy atom. The minimum Gasteiger partial charge on any atom is -0.356 e. The number of nitrogens with one attached hydrogen (secondary N) is 1. The molecular weight excluding hydrogens is 268 g/mol. The van der Waals surface area contributed by atoms with Gasteiger partial charge < -0.3 is 9.80 Å². The van der Waals surface area contributed by atoms with Crippen molar-refractivity contribution in [3.63, 3.8) is 0 Å². The third-order valence-electron chi connectivity index (χ3n) is 3.96. The molecule has 0 radical (unpaired) electrons. The number of piperidine rings is 1. The van der Waals surface area contributed by atoms with Crippen molar-refractivity contribution >= 4 is 11.7 Å². The van der Waals surface area contributed by atoms with Gasteiger partial charge in [0.05, 0.1) is 0 Å². The summed E-state index contributed by atoms with van der Waals surface area (Å²) in [6.45, 7) is 1.50. The fraction of sp³-hybridized carbons (Fsp3) is 0.429. The lowest BCUT2D eigenvalue weighted by atomic mass is 10.0. The van der Waals surface area contributed by atoms with Crippen LogP contribution >= 0.6 is 0 Å². The zero-order valence-corrected chi connectivity index (χ0v) is 11.9. The van der Waals surface area contributed by atoms with E-state index >= 15 is 0 Å². The third kappa shape index (κ3) is 2.86. The molecule has 0 bridgehead atoms. The summed E-state index contributed by atoms with van der Waals surface area (Å²) >= 11 is 0. The van der Waals surface area contributed by atoms with Gasteiger partial charge in [-0.25, -0.2) is 9.97 Å². The molecule has 7 heteroatoms. The normalized spacial score (nSPS) is 16.0. The van der Waals surface area contributed by atoms with E-state index in [4.69, 9.17) is 0 Å². The van der Waals surface area contributed by atoms with E-state index in [1.54, 1.807) is 24.8 Å². The van der Waals surface area contributed by atoms with E-state index in [0.717, 1.165) is 31.7 Å². The number of anilines is 1. The minimum atomic E-state index is 0.0237. The Bertz CT molecular complexity index is 577. The second kappa shape index (κ2) is 5.90. The molecule has 110 valence electrons. The fourth-order valence-corrected chi connectivity index (χ4v) is 2.68. The van der Waals surface area contributed by atoms with Crippen LogP contribution in [0.25, 0.3) is 0 Å². The van der Waals surface area contributed by atoms with E-state index in [9.17, 15) is 4.79 Å². The standard InChI is InChI=1S/C14H18N6O/c1-19(13-3-6-15-10-16-13)11-4-8-20(9-5-11)14(21)12-2-7-17-18-12/h2-3,6-7,10-11H,4-5,8-9H2,1H3,(H,17,18). The number of rotatable bonds is 3. The lowest BCUT2D eigenvalue weighted by molar-refractivity contribution is 0.0707. The molecule has 1 aliphatic rings. The number of amides is 1. The first-order valence-corrected chi connectivity index (χ1v) is 7.03. The van der Waals surface area contributed by atoms with Crippen molar-refractivity contribution in [3.05, 3.63) is 36.5 Å². The molecular formula is C14H18N6O. The third-order valence-corrected chi connectivity index (χ3v) is 3.96. The van der Waals surface area contributed by atoms with Crippen LogP contribution in [0.15, 0.2) is 30.9 Å². The van der Waals surface area contributed by atoms with Crippen LogP contribution in [-0.2, 0) is 0 Å². The Kier molecular flexibility index (Phi) is 3.81. The molecule has 0 atom stereocenters. The Labute approximate surface area is 123 Å². The summed E-state index contributed by atoms with van der Waals surface area (Å²) in [5.41, 5.74) is 0.553. The van der Waals surface area contributed by atoms with E-state index in [-0.39, 0.29) is 5.91 Å². The van der Waals surface area contributed by atoms with Crippen LogP contribution in [0.1, 0.15) is 23.3 Å². The van der Waals surface area contributed by atoms with Gasteiger partial charge in [0.2, 0.25) is 0 Å². The fourth-order valence-electron chi connectivity index (χ4n) is 2.68. The van der Waals surface area contributed by atoms with Gasteiger partial charge in [0, 0.05) is 38.6 Å². The highest BCUT2D eigenvalue weighted by Gasteiger charge is 2.26. The number of carbonyl (C=O) groups excluding carboxylic acids is 1.